The molecule has 0 spiro atoms. The molecule has 0 unspecified atom stereocenters. The van der Waals surface area contributed by atoms with E-state index in [4.69, 9.17) is 0 Å². The molecular formula is C20H16N4O. The first-order valence-corrected chi connectivity index (χ1v) is 8.02. The van der Waals surface area contributed by atoms with Gasteiger partial charge in [0.1, 0.15) is 0 Å². The zero-order valence-electron chi connectivity index (χ0n) is 13.5. The number of nitrogens with zero attached hydrogens (tertiary/aromatic N) is 3. The van der Waals surface area contributed by atoms with Gasteiger partial charge in [0, 0.05) is 29.9 Å². The van der Waals surface area contributed by atoms with Crippen LogP contribution in [0.2, 0.25) is 0 Å². The van der Waals surface area contributed by atoms with Crippen molar-refractivity contribution in [3.05, 3.63) is 90.4 Å². The van der Waals surface area contributed by atoms with Gasteiger partial charge in [-0.25, -0.2) is 4.68 Å². The summed E-state index contributed by atoms with van der Waals surface area (Å²) in [6, 6.07) is 19.2. The number of carbonyl (C=O) groups is 1. The van der Waals surface area contributed by atoms with E-state index in [0.717, 1.165) is 22.2 Å². The maximum Gasteiger partial charge on any atom is 0.252 e. The molecule has 0 aliphatic rings. The lowest BCUT2D eigenvalue weighted by atomic mass is 10.1. The molecule has 25 heavy (non-hydrogen) atoms. The molecule has 5 nitrogen and oxygen atoms in total. The number of aromatic nitrogens is 3. The number of pyridine rings is 1. The quantitative estimate of drug-likeness (QED) is 0.625. The minimum atomic E-state index is -0.119. The SMILES string of the molecule is O=C(NCc1cnn(-c2ccccc2)c1)c1ccnc2ccccc12. The summed E-state index contributed by atoms with van der Waals surface area (Å²) in [6.07, 6.45) is 5.34. The Bertz CT molecular complexity index is 1020. The van der Waals surface area contributed by atoms with Crippen LogP contribution in [0, 0.1) is 0 Å². The van der Waals surface area contributed by atoms with Gasteiger partial charge in [-0.3, -0.25) is 9.78 Å². The molecule has 4 rings (SSSR count). The normalized spacial score (nSPS) is 10.7. The maximum absolute atomic E-state index is 12.5. The summed E-state index contributed by atoms with van der Waals surface area (Å²) < 4.78 is 1.79. The second kappa shape index (κ2) is 6.57. The van der Waals surface area contributed by atoms with Crippen LogP contribution in [0.5, 0.6) is 0 Å². The van der Waals surface area contributed by atoms with E-state index < -0.39 is 0 Å². The predicted octanol–water partition coefficient (Wildman–Crippen LogP) is 3.35. The largest absolute Gasteiger partial charge is 0.348 e. The summed E-state index contributed by atoms with van der Waals surface area (Å²) in [7, 11) is 0. The number of benzene rings is 2. The molecule has 2 aromatic carbocycles. The fourth-order valence-corrected chi connectivity index (χ4v) is 2.74. The highest BCUT2D eigenvalue weighted by Gasteiger charge is 2.10. The van der Waals surface area contributed by atoms with E-state index >= 15 is 0 Å². The van der Waals surface area contributed by atoms with Gasteiger partial charge in [0.25, 0.3) is 5.91 Å². The van der Waals surface area contributed by atoms with Gasteiger partial charge in [-0.15, -0.1) is 0 Å². The third-order valence-electron chi connectivity index (χ3n) is 4.00. The first kappa shape index (κ1) is 15.1. The monoisotopic (exact) mass is 328 g/mol. The predicted molar refractivity (Wildman–Crippen MR) is 96.5 cm³/mol. The summed E-state index contributed by atoms with van der Waals surface area (Å²) in [6.45, 7) is 0.419. The highest BCUT2D eigenvalue weighted by Crippen LogP contribution is 2.16. The lowest BCUT2D eigenvalue weighted by molar-refractivity contribution is 0.0952. The van der Waals surface area contributed by atoms with E-state index in [1.54, 1.807) is 23.1 Å². The third-order valence-corrected chi connectivity index (χ3v) is 4.00. The molecular weight excluding hydrogens is 312 g/mol. The lowest BCUT2D eigenvalue weighted by Crippen LogP contribution is -2.22. The van der Waals surface area contributed by atoms with Gasteiger partial charge >= 0.3 is 0 Å². The molecule has 0 fully saturated rings. The molecule has 0 radical (unpaired) electrons. The summed E-state index contributed by atoms with van der Waals surface area (Å²) in [5.41, 5.74) is 3.36. The Morgan fingerprint density at radius 2 is 1.80 bits per heavy atom. The Kier molecular flexibility index (Phi) is 3.96. The number of para-hydroxylation sites is 2. The Morgan fingerprint density at radius 3 is 2.68 bits per heavy atom. The number of amides is 1. The molecule has 2 aromatic heterocycles. The lowest BCUT2D eigenvalue weighted by Gasteiger charge is -2.06. The zero-order valence-corrected chi connectivity index (χ0v) is 13.5. The van der Waals surface area contributed by atoms with E-state index in [-0.39, 0.29) is 5.91 Å². The molecule has 5 heteroatoms. The van der Waals surface area contributed by atoms with Crippen molar-refractivity contribution in [3.63, 3.8) is 0 Å². The molecule has 122 valence electrons. The fourth-order valence-electron chi connectivity index (χ4n) is 2.74. The van der Waals surface area contributed by atoms with Crippen LogP contribution >= 0.6 is 0 Å². The summed E-state index contributed by atoms with van der Waals surface area (Å²) >= 11 is 0. The van der Waals surface area contributed by atoms with Gasteiger partial charge < -0.3 is 5.32 Å². The van der Waals surface area contributed by atoms with Crippen LogP contribution in [0.3, 0.4) is 0 Å². The number of hydrogen-bond acceptors (Lipinski definition) is 3. The number of hydrogen-bond donors (Lipinski definition) is 1. The van der Waals surface area contributed by atoms with E-state index in [2.05, 4.69) is 15.4 Å². The average molecular weight is 328 g/mol. The van der Waals surface area contributed by atoms with Gasteiger partial charge in [0.15, 0.2) is 0 Å². The van der Waals surface area contributed by atoms with Crippen LogP contribution in [0.1, 0.15) is 15.9 Å². The smallest absolute Gasteiger partial charge is 0.252 e. The Hall–Kier alpha value is -3.47. The molecule has 0 aliphatic heterocycles. The Balaban J connectivity index is 1.50. The number of fused-ring (bicyclic) bond motifs is 1. The van der Waals surface area contributed by atoms with Crippen molar-refractivity contribution in [1.29, 1.82) is 0 Å². The molecule has 1 N–H and O–H groups in total. The van der Waals surface area contributed by atoms with Gasteiger partial charge in [0.2, 0.25) is 0 Å². The minimum absolute atomic E-state index is 0.119. The Morgan fingerprint density at radius 1 is 1.00 bits per heavy atom. The molecule has 0 bridgehead atoms. The van der Waals surface area contributed by atoms with Crippen LogP contribution in [0.4, 0.5) is 0 Å². The van der Waals surface area contributed by atoms with Gasteiger partial charge in [-0.2, -0.15) is 5.10 Å². The van der Waals surface area contributed by atoms with Crippen molar-refractivity contribution in [3.8, 4) is 5.69 Å². The topological polar surface area (TPSA) is 59.8 Å². The van der Waals surface area contributed by atoms with Crippen LogP contribution in [0.25, 0.3) is 16.6 Å². The Labute approximate surface area is 144 Å². The van der Waals surface area contributed by atoms with E-state index in [0.29, 0.717) is 12.1 Å². The van der Waals surface area contributed by atoms with E-state index in [1.165, 1.54) is 0 Å². The first-order chi connectivity index (χ1) is 12.3. The summed E-state index contributed by atoms with van der Waals surface area (Å²) in [4.78, 5) is 16.8. The average Bonchev–Trinajstić information content (AvgIpc) is 3.15. The van der Waals surface area contributed by atoms with Gasteiger partial charge in [0.05, 0.1) is 23.0 Å². The standard InChI is InChI=1S/C20H16N4O/c25-20(18-10-11-21-19-9-5-4-8-17(18)19)22-12-15-13-23-24(14-15)16-6-2-1-3-7-16/h1-11,13-14H,12H2,(H,22,25). The van der Waals surface area contributed by atoms with Crippen molar-refractivity contribution < 1.29 is 4.79 Å². The molecule has 2 heterocycles. The summed E-state index contributed by atoms with van der Waals surface area (Å²) in [5, 5.41) is 8.14. The van der Waals surface area contributed by atoms with Gasteiger partial charge in [-0.05, 0) is 24.3 Å². The number of nitrogens with one attached hydrogen (secondary N) is 1. The first-order valence-electron chi connectivity index (χ1n) is 8.02. The molecule has 0 atom stereocenters. The van der Waals surface area contributed by atoms with Crippen molar-refractivity contribution in [2.45, 2.75) is 6.54 Å². The van der Waals surface area contributed by atoms with Crippen molar-refractivity contribution >= 4 is 16.8 Å². The second-order valence-electron chi connectivity index (χ2n) is 5.69. The molecule has 0 saturated carbocycles. The van der Waals surface area contributed by atoms with Crippen molar-refractivity contribution in [2.24, 2.45) is 0 Å². The summed E-state index contributed by atoms with van der Waals surface area (Å²) in [5.74, 6) is -0.119. The highest BCUT2D eigenvalue weighted by molar-refractivity contribution is 6.05. The van der Waals surface area contributed by atoms with Crippen molar-refractivity contribution in [2.75, 3.05) is 0 Å². The number of rotatable bonds is 4. The van der Waals surface area contributed by atoms with E-state index in [1.807, 2.05) is 60.8 Å². The minimum Gasteiger partial charge on any atom is -0.348 e. The van der Waals surface area contributed by atoms with Crippen LogP contribution in [-0.4, -0.2) is 20.7 Å². The van der Waals surface area contributed by atoms with Crippen LogP contribution in [0.15, 0.2) is 79.3 Å². The van der Waals surface area contributed by atoms with Crippen LogP contribution in [-0.2, 0) is 6.54 Å². The maximum atomic E-state index is 12.5. The molecule has 4 aromatic rings. The third kappa shape index (κ3) is 3.12. The highest BCUT2D eigenvalue weighted by atomic mass is 16.1. The zero-order chi connectivity index (χ0) is 17.1. The van der Waals surface area contributed by atoms with E-state index in [9.17, 15) is 4.79 Å². The molecule has 1 amide bonds. The molecule has 0 aliphatic carbocycles. The van der Waals surface area contributed by atoms with Crippen molar-refractivity contribution in [1.82, 2.24) is 20.1 Å². The second-order valence-corrected chi connectivity index (χ2v) is 5.69. The number of carbonyl (C=O) groups excluding carboxylic acids is 1. The fraction of sp³-hybridized carbons (Fsp3) is 0.0500. The molecule has 0 saturated heterocycles. The van der Waals surface area contributed by atoms with Gasteiger partial charge in [-0.1, -0.05) is 36.4 Å². The van der Waals surface area contributed by atoms with Crippen LogP contribution < -0.4 is 5.32 Å².